The van der Waals surface area contributed by atoms with Crippen molar-refractivity contribution in [2.45, 2.75) is 78.1 Å². The third-order valence-corrected chi connectivity index (χ3v) is 6.49. The van der Waals surface area contributed by atoms with E-state index in [-0.39, 0.29) is 11.8 Å². The van der Waals surface area contributed by atoms with Gasteiger partial charge in [-0.1, -0.05) is 76.8 Å². The SMILES string of the molecule is C=C(C)C1CCC(CF)=CC1c1ccc(C(C)C(C)CCCCC)cc1O. The zero-order valence-electron chi connectivity index (χ0n) is 17.6. The lowest BCUT2D eigenvalue weighted by atomic mass is 9.73. The summed E-state index contributed by atoms with van der Waals surface area (Å²) in [6, 6.07) is 6.14. The fourth-order valence-electron chi connectivity index (χ4n) is 4.37. The molecular weight excluding hydrogens is 335 g/mol. The van der Waals surface area contributed by atoms with Crippen LogP contribution in [-0.4, -0.2) is 11.8 Å². The van der Waals surface area contributed by atoms with Gasteiger partial charge in [-0.25, -0.2) is 4.39 Å². The largest absolute Gasteiger partial charge is 0.508 e. The molecule has 0 bridgehead atoms. The summed E-state index contributed by atoms with van der Waals surface area (Å²) in [7, 11) is 0. The molecule has 0 aromatic heterocycles. The molecule has 4 atom stereocenters. The highest BCUT2D eigenvalue weighted by Crippen LogP contribution is 2.43. The molecule has 4 unspecified atom stereocenters. The molecule has 1 aromatic carbocycles. The molecule has 2 heteroatoms. The van der Waals surface area contributed by atoms with Gasteiger partial charge in [0.1, 0.15) is 12.4 Å². The van der Waals surface area contributed by atoms with Crippen LogP contribution < -0.4 is 0 Å². The number of phenols is 1. The summed E-state index contributed by atoms with van der Waals surface area (Å²) in [4.78, 5) is 0. The van der Waals surface area contributed by atoms with Crippen molar-refractivity contribution in [2.24, 2.45) is 11.8 Å². The first kappa shape index (κ1) is 21.7. The van der Waals surface area contributed by atoms with E-state index in [4.69, 9.17) is 0 Å². The predicted molar refractivity (Wildman–Crippen MR) is 114 cm³/mol. The van der Waals surface area contributed by atoms with Crippen molar-refractivity contribution in [3.63, 3.8) is 0 Å². The van der Waals surface area contributed by atoms with E-state index in [9.17, 15) is 9.50 Å². The van der Waals surface area contributed by atoms with Crippen LogP contribution in [0, 0.1) is 11.8 Å². The number of alkyl halides is 1. The Bertz CT molecular complexity index is 660. The number of allylic oxidation sites excluding steroid dienone is 3. The maximum atomic E-state index is 13.2. The summed E-state index contributed by atoms with van der Waals surface area (Å²) in [5, 5.41) is 10.8. The highest BCUT2D eigenvalue weighted by molar-refractivity contribution is 5.44. The van der Waals surface area contributed by atoms with E-state index >= 15 is 0 Å². The van der Waals surface area contributed by atoms with E-state index in [1.54, 1.807) is 0 Å². The number of phenolic OH excluding ortho intramolecular Hbond substituents is 1. The van der Waals surface area contributed by atoms with Crippen molar-refractivity contribution in [3.05, 3.63) is 53.1 Å². The lowest BCUT2D eigenvalue weighted by Gasteiger charge is -2.31. The van der Waals surface area contributed by atoms with E-state index in [2.05, 4.69) is 39.5 Å². The Kier molecular flexibility index (Phi) is 8.13. The highest BCUT2D eigenvalue weighted by Gasteiger charge is 2.29. The minimum absolute atomic E-state index is 0.0216. The van der Waals surface area contributed by atoms with Gasteiger partial charge in [0.05, 0.1) is 0 Å². The minimum Gasteiger partial charge on any atom is -0.508 e. The predicted octanol–water partition coefficient (Wildman–Crippen LogP) is 7.68. The summed E-state index contributed by atoms with van der Waals surface area (Å²) >= 11 is 0. The fourth-order valence-corrected chi connectivity index (χ4v) is 4.37. The van der Waals surface area contributed by atoms with Gasteiger partial charge in [-0.3, -0.25) is 0 Å². The van der Waals surface area contributed by atoms with Crippen molar-refractivity contribution in [1.29, 1.82) is 0 Å². The standard InChI is InChI=1S/C25H37FO/c1-6-7-8-9-18(4)19(5)21-11-13-23(25(27)15-21)24-14-20(16-26)10-12-22(24)17(2)3/h11,13-15,18-19,22,24,27H,2,6-10,12,16H2,1,3-5H3. The average Bonchev–Trinajstić information content (AvgIpc) is 2.66. The number of hydrogen-bond donors (Lipinski definition) is 1. The number of unbranched alkanes of at least 4 members (excludes halogenated alkanes) is 2. The van der Waals surface area contributed by atoms with Crippen LogP contribution in [0.2, 0.25) is 0 Å². The topological polar surface area (TPSA) is 20.2 Å². The second kappa shape index (κ2) is 10.1. The molecule has 2 rings (SSSR count). The summed E-state index contributed by atoms with van der Waals surface area (Å²) < 4.78 is 13.2. The number of halogens is 1. The van der Waals surface area contributed by atoms with Crippen LogP contribution in [0.25, 0.3) is 0 Å². The van der Waals surface area contributed by atoms with Gasteiger partial charge in [0.25, 0.3) is 0 Å². The highest BCUT2D eigenvalue weighted by atomic mass is 19.1. The van der Waals surface area contributed by atoms with Gasteiger partial charge in [0.15, 0.2) is 0 Å². The summed E-state index contributed by atoms with van der Waals surface area (Å²) in [6.07, 6.45) is 8.74. The van der Waals surface area contributed by atoms with Crippen LogP contribution >= 0.6 is 0 Å². The van der Waals surface area contributed by atoms with Crippen LogP contribution in [0.5, 0.6) is 5.75 Å². The van der Waals surface area contributed by atoms with Gasteiger partial charge in [0, 0.05) is 11.5 Å². The van der Waals surface area contributed by atoms with Crippen LogP contribution in [0.1, 0.15) is 89.2 Å². The number of aromatic hydroxyl groups is 1. The number of benzene rings is 1. The first-order chi connectivity index (χ1) is 12.9. The second-order valence-electron chi connectivity index (χ2n) is 8.56. The molecule has 0 radical (unpaired) electrons. The Hall–Kier alpha value is -1.57. The molecule has 0 spiro atoms. The monoisotopic (exact) mass is 372 g/mol. The fraction of sp³-hybridized carbons (Fsp3) is 0.600. The van der Waals surface area contributed by atoms with Gasteiger partial charge in [-0.15, -0.1) is 0 Å². The molecule has 1 aromatic rings. The Labute approximate surface area is 165 Å². The zero-order chi connectivity index (χ0) is 20.0. The van der Waals surface area contributed by atoms with Crippen molar-refractivity contribution in [3.8, 4) is 5.75 Å². The van der Waals surface area contributed by atoms with Crippen molar-refractivity contribution in [1.82, 2.24) is 0 Å². The minimum atomic E-state index is -0.398. The molecule has 0 saturated heterocycles. The molecule has 1 aliphatic rings. The number of hydrogen-bond acceptors (Lipinski definition) is 1. The average molecular weight is 373 g/mol. The molecule has 0 fully saturated rings. The number of rotatable bonds is 9. The molecule has 1 N–H and O–H groups in total. The maximum Gasteiger partial charge on any atom is 0.119 e. The lowest BCUT2D eigenvalue weighted by molar-refractivity contribution is 0.416. The molecule has 0 aliphatic heterocycles. The first-order valence-electron chi connectivity index (χ1n) is 10.6. The van der Waals surface area contributed by atoms with Gasteiger partial charge in [0.2, 0.25) is 0 Å². The third kappa shape index (κ3) is 5.46. The summed E-state index contributed by atoms with van der Waals surface area (Å²) in [5.74, 6) is 1.64. The molecule has 0 heterocycles. The van der Waals surface area contributed by atoms with Gasteiger partial charge in [-0.2, -0.15) is 0 Å². The van der Waals surface area contributed by atoms with Crippen molar-refractivity contribution >= 4 is 0 Å². The summed E-state index contributed by atoms with van der Waals surface area (Å²) in [6.45, 7) is 12.6. The molecular formula is C25H37FO. The Balaban J connectivity index is 2.23. The first-order valence-corrected chi connectivity index (χ1v) is 10.6. The van der Waals surface area contributed by atoms with Crippen LogP contribution in [0.15, 0.2) is 42.0 Å². The van der Waals surface area contributed by atoms with E-state index in [1.807, 2.05) is 19.1 Å². The normalized spacial score (nSPS) is 22.2. The van der Waals surface area contributed by atoms with E-state index in [1.165, 1.54) is 31.2 Å². The van der Waals surface area contributed by atoms with Gasteiger partial charge < -0.3 is 5.11 Å². The van der Waals surface area contributed by atoms with Crippen molar-refractivity contribution in [2.75, 3.05) is 6.67 Å². The van der Waals surface area contributed by atoms with E-state index in [0.29, 0.717) is 17.6 Å². The maximum absolute atomic E-state index is 13.2. The van der Waals surface area contributed by atoms with Crippen molar-refractivity contribution < 1.29 is 9.50 Å². The zero-order valence-corrected chi connectivity index (χ0v) is 17.6. The lowest BCUT2D eigenvalue weighted by Crippen LogP contribution is -2.18. The quantitative estimate of drug-likeness (QED) is 0.348. The van der Waals surface area contributed by atoms with Crippen LogP contribution in [0.3, 0.4) is 0 Å². The Morgan fingerprint density at radius 3 is 2.63 bits per heavy atom. The van der Waals surface area contributed by atoms with Gasteiger partial charge >= 0.3 is 0 Å². The molecule has 0 saturated carbocycles. The Morgan fingerprint density at radius 2 is 2.04 bits per heavy atom. The van der Waals surface area contributed by atoms with Gasteiger partial charge in [-0.05, 0) is 54.7 Å². The molecule has 27 heavy (non-hydrogen) atoms. The second-order valence-corrected chi connectivity index (χ2v) is 8.56. The van der Waals surface area contributed by atoms with Crippen LogP contribution in [-0.2, 0) is 0 Å². The molecule has 0 amide bonds. The smallest absolute Gasteiger partial charge is 0.119 e. The molecule has 1 nitrogen and oxygen atoms in total. The van der Waals surface area contributed by atoms with E-state index in [0.717, 1.165) is 29.6 Å². The molecule has 1 aliphatic carbocycles. The summed E-state index contributed by atoms with van der Waals surface area (Å²) in [5.41, 5.74) is 4.05. The molecule has 150 valence electrons. The van der Waals surface area contributed by atoms with Crippen LogP contribution in [0.4, 0.5) is 4.39 Å². The van der Waals surface area contributed by atoms with E-state index < -0.39 is 6.67 Å². The Morgan fingerprint density at radius 1 is 1.30 bits per heavy atom. The third-order valence-electron chi connectivity index (χ3n) is 6.49.